The first-order valence-corrected chi connectivity index (χ1v) is 7.75. The van der Waals surface area contributed by atoms with E-state index in [2.05, 4.69) is 5.32 Å². The van der Waals surface area contributed by atoms with Gasteiger partial charge in [-0.3, -0.25) is 4.79 Å². The molecule has 0 unspecified atom stereocenters. The topological polar surface area (TPSA) is 47.6 Å². The summed E-state index contributed by atoms with van der Waals surface area (Å²) in [6.45, 7) is 0. The molecule has 1 N–H and O–H groups in total. The second-order valence-corrected chi connectivity index (χ2v) is 5.67. The van der Waals surface area contributed by atoms with Crippen molar-refractivity contribution >= 4 is 34.8 Å². The second kappa shape index (κ2) is 8.09. The highest BCUT2D eigenvalue weighted by atomic mass is 35.5. The zero-order chi connectivity index (χ0) is 16.8. The van der Waals surface area contributed by atoms with Crippen molar-refractivity contribution in [2.75, 3.05) is 19.5 Å². The molecule has 0 bridgehead atoms. The van der Waals surface area contributed by atoms with Crippen molar-refractivity contribution in [2.45, 2.75) is 12.8 Å². The summed E-state index contributed by atoms with van der Waals surface area (Å²) >= 11 is 11.9. The monoisotopic (exact) mass is 353 g/mol. The van der Waals surface area contributed by atoms with E-state index in [4.69, 9.17) is 32.7 Å². The predicted molar refractivity (Wildman–Crippen MR) is 93.0 cm³/mol. The Kier molecular flexibility index (Phi) is 6.13. The van der Waals surface area contributed by atoms with Gasteiger partial charge >= 0.3 is 0 Å². The minimum absolute atomic E-state index is 0.140. The average molecular weight is 354 g/mol. The standard InChI is InChI=1S/C17H17Cl2NO3/c1-22-15-5-3-4-11(17(15)23-2)6-9-16(21)20-14-8-7-12(18)10-13(14)19/h3-5,7-8,10H,6,9H2,1-2H3,(H,20,21). The Hall–Kier alpha value is -1.91. The summed E-state index contributed by atoms with van der Waals surface area (Å²) in [6, 6.07) is 10.5. The molecular formula is C17H17Cl2NO3. The number of halogens is 2. The molecule has 0 fully saturated rings. The lowest BCUT2D eigenvalue weighted by molar-refractivity contribution is -0.116. The maximum absolute atomic E-state index is 12.1. The highest BCUT2D eigenvalue weighted by molar-refractivity contribution is 6.36. The fourth-order valence-electron chi connectivity index (χ4n) is 2.20. The number of ether oxygens (including phenoxy) is 2. The number of nitrogens with one attached hydrogen (secondary N) is 1. The molecule has 0 saturated heterocycles. The van der Waals surface area contributed by atoms with Crippen LogP contribution in [0.2, 0.25) is 10.0 Å². The summed E-state index contributed by atoms with van der Waals surface area (Å²) in [4.78, 5) is 12.1. The molecule has 1 amide bonds. The van der Waals surface area contributed by atoms with Crippen LogP contribution >= 0.6 is 23.2 Å². The van der Waals surface area contributed by atoms with Crippen LogP contribution in [0.4, 0.5) is 5.69 Å². The van der Waals surface area contributed by atoms with Gasteiger partial charge in [-0.2, -0.15) is 0 Å². The van der Waals surface area contributed by atoms with Crippen molar-refractivity contribution in [3.05, 3.63) is 52.0 Å². The highest BCUT2D eigenvalue weighted by Crippen LogP contribution is 2.31. The number of carbonyl (C=O) groups excluding carboxylic acids is 1. The predicted octanol–water partition coefficient (Wildman–Crippen LogP) is 4.58. The van der Waals surface area contributed by atoms with Crippen molar-refractivity contribution in [1.82, 2.24) is 0 Å². The van der Waals surface area contributed by atoms with Crippen LogP contribution in [0, 0.1) is 0 Å². The molecule has 0 aliphatic carbocycles. The van der Waals surface area contributed by atoms with E-state index < -0.39 is 0 Å². The number of anilines is 1. The van der Waals surface area contributed by atoms with Gasteiger partial charge in [-0.15, -0.1) is 0 Å². The number of methoxy groups -OCH3 is 2. The fourth-order valence-corrected chi connectivity index (χ4v) is 2.66. The molecule has 23 heavy (non-hydrogen) atoms. The Morgan fingerprint density at radius 3 is 2.57 bits per heavy atom. The summed E-state index contributed by atoms with van der Waals surface area (Å²) in [5, 5.41) is 3.70. The van der Waals surface area contributed by atoms with Crippen molar-refractivity contribution < 1.29 is 14.3 Å². The molecule has 2 aromatic rings. The molecule has 0 aliphatic rings. The van der Waals surface area contributed by atoms with Crippen LogP contribution in [0.1, 0.15) is 12.0 Å². The highest BCUT2D eigenvalue weighted by Gasteiger charge is 2.12. The maximum atomic E-state index is 12.1. The number of carbonyl (C=O) groups is 1. The number of rotatable bonds is 6. The Bertz CT molecular complexity index is 704. The Morgan fingerprint density at radius 2 is 1.91 bits per heavy atom. The molecule has 0 heterocycles. The van der Waals surface area contributed by atoms with E-state index in [1.165, 1.54) is 0 Å². The minimum atomic E-state index is -0.140. The van der Waals surface area contributed by atoms with Crippen LogP contribution in [-0.4, -0.2) is 20.1 Å². The largest absolute Gasteiger partial charge is 0.493 e. The lowest BCUT2D eigenvalue weighted by Gasteiger charge is -2.12. The van der Waals surface area contributed by atoms with E-state index in [-0.39, 0.29) is 5.91 Å². The van der Waals surface area contributed by atoms with E-state index in [1.807, 2.05) is 18.2 Å². The fraction of sp³-hybridized carbons (Fsp3) is 0.235. The van der Waals surface area contributed by atoms with Crippen LogP contribution in [-0.2, 0) is 11.2 Å². The van der Waals surface area contributed by atoms with E-state index in [1.54, 1.807) is 32.4 Å². The van der Waals surface area contributed by atoms with E-state index in [0.29, 0.717) is 40.1 Å². The van der Waals surface area contributed by atoms with Gasteiger partial charge in [-0.1, -0.05) is 35.3 Å². The normalized spacial score (nSPS) is 10.3. The number of hydrogen-bond donors (Lipinski definition) is 1. The first kappa shape index (κ1) is 17.4. The quantitative estimate of drug-likeness (QED) is 0.826. The molecule has 0 atom stereocenters. The van der Waals surface area contributed by atoms with Crippen molar-refractivity contribution in [1.29, 1.82) is 0 Å². The minimum Gasteiger partial charge on any atom is -0.493 e. The van der Waals surface area contributed by atoms with Crippen molar-refractivity contribution in [3.8, 4) is 11.5 Å². The molecule has 2 aromatic carbocycles. The van der Waals surface area contributed by atoms with Crippen LogP contribution in [0.3, 0.4) is 0 Å². The van der Waals surface area contributed by atoms with Gasteiger partial charge < -0.3 is 14.8 Å². The van der Waals surface area contributed by atoms with Crippen molar-refractivity contribution in [3.63, 3.8) is 0 Å². The van der Waals surface area contributed by atoms with E-state index in [9.17, 15) is 4.79 Å². The molecular weight excluding hydrogens is 337 g/mol. The van der Waals surface area contributed by atoms with Gasteiger partial charge in [0.1, 0.15) is 0 Å². The number of para-hydroxylation sites is 1. The molecule has 0 aliphatic heterocycles. The lowest BCUT2D eigenvalue weighted by Crippen LogP contribution is -2.13. The molecule has 0 saturated carbocycles. The van der Waals surface area contributed by atoms with Crippen LogP contribution in [0.5, 0.6) is 11.5 Å². The molecule has 0 radical (unpaired) electrons. The summed E-state index contributed by atoms with van der Waals surface area (Å²) in [5.41, 5.74) is 1.45. The van der Waals surface area contributed by atoms with Crippen LogP contribution < -0.4 is 14.8 Å². The van der Waals surface area contributed by atoms with E-state index >= 15 is 0 Å². The van der Waals surface area contributed by atoms with Crippen LogP contribution in [0.25, 0.3) is 0 Å². The smallest absolute Gasteiger partial charge is 0.224 e. The number of amides is 1. The molecule has 2 rings (SSSR count). The first-order valence-electron chi connectivity index (χ1n) is 7.00. The third-order valence-corrected chi connectivity index (χ3v) is 3.86. The first-order chi connectivity index (χ1) is 11.0. The van der Waals surface area contributed by atoms with Gasteiger partial charge in [0.05, 0.1) is 24.9 Å². The van der Waals surface area contributed by atoms with Gasteiger partial charge in [0.15, 0.2) is 11.5 Å². The van der Waals surface area contributed by atoms with Gasteiger partial charge in [0, 0.05) is 11.4 Å². The molecule has 0 aromatic heterocycles. The third kappa shape index (κ3) is 4.53. The summed E-state index contributed by atoms with van der Waals surface area (Å²) in [5.74, 6) is 1.15. The number of benzene rings is 2. The van der Waals surface area contributed by atoms with Gasteiger partial charge in [-0.25, -0.2) is 0 Å². The maximum Gasteiger partial charge on any atom is 0.224 e. The van der Waals surface area contributed by atoms with Crippen molar-refractivity contribution in [2.24, 2.45) is 0 Å². The Balaban J connectivity index is 2.02. The van der Waals surface area contributed by atoms with Gasteiger partial charge in [-0.05, 0) is 36.2 Å². The Morgan fingerprint density at radius 1 is 1.13 bits per heavy atom. The summed E-state index contributed by atoms with van der Waals surface area (Å²) in [7, 11) is 3.16. The number of aryl methyl sites for hydroxylation is 1. The molecule has 6 heteroatoms. The molecule has 4 nitrogen and oxygen atoms in total. The molecule has 122 valence electrons. The molecule has 0 spiro atoms. The average Bonchev–Trinajstić information content (AvgIpc) is 2.55. The zero-order valence-corrected chi connectivity index (χ0v) is 14.4. The lowest BCUT2D eigenvalue weighted by atomic mass is 10.1. The second-order valence-electron chi connectivity index (χ2n) is 4.82. The Labute approximate surface area is 145 Å². The van der Waals surface area contributed by atoms with Gasteiger partial charge in [0.2, 0.25) is 5.91 Å². The SMILES string of the molecule is COc1cccc(CCC(=O)Nc2ccc(Cl)cc2Cl)c1OC. The van der Waals surface area contributed by atoms with Gasteiger partial charge in [0.25, 0.3) is 0 Å². The van der Waals surface area contributed by atoms with Crippen LogP contribution in [0.15, 0.2) is 36.4 Å². The number of hydrogen-bond acceptors (Lipinski definition) is 3. The third-order valence-electron chi connectivity index (χ3n) is 3.31. The summed E-state index contributed by atoms with van der Waals surface area (Å²) in [6.07, 6.45) is 0.819. The summed E-state index contributed by atoms with van der Waals surface area (Å²) < 4.78 is 10.6. The zero-order valence-electron chi connectivity index (χ0n) is 12.9. The van der Waals surface area contributed by atoms with E-state index in [0.717, 1.165) is 5.56 Å².